The van der Waals surface area contributed by atoms with Crippen LogP contribution in [0.4, 0.5) is 0 Å². The molecule has 3 heteroatoms. The zero-order chi connectivity index (χ0) is 13.6. The second-order valence-corrected chi connectivity index (χ2v) is 5.55. The van der Waals surface area contributed by atoms with E-state index in [-0.39, 0.29) is 0 Å². The van der Waals surface area contributed by atoms with Crippen LogP contribution in [0.25, 0.3) is 10.6 Å². The molecule has 0 radical (unpaired) electrons. The molecule has 0 saturated heterocycles. The van der Waals surface area contributed by atoms with Crippen LogP contribution in [-0.4, -0.2) is 4.98 Å². The van der Waals surface area contributed by atoms with Crippen LogP contribution in [0.15, 0.2) is 66.0 Å². The van der Waals surface area contributed by atoms with Crippen molar-refractivity contribution < 1.29 is 5.32 Å². The van der Waals surface area contributed by atoms with Gasteiger partial charge in [0.2, 0.25) is 0 Å². The molecular weight excluding hydrogens is 264 g/mol. The maximum absolute atomic E-state index is 4.70. The molecule has 20 heavy (non-hydrogen) atoms. The molecule has 0 aliphatic carbocycles. The lowest BCUT2D eigenvalue weighted by Gasteiger charge is -1.99. The third-order valence-electron chi connectivity index (χ3n) is 3.15. The Hall–Kier alpha value is -1.97. The molecule has 2 aromatic carbocycles. The third-order valence-corrected chi connectivity index (χ3v) is 4.09. The molecule has 3 rings (SSSR count). The average molecular weight is 281 g/mol. The number of nitrogens with zero attached hydrogens (tertiary/aromatic N) is 1. The van der Waals surface area contributed by atoms with Gasteiger partial charge in [-0.3, -0.25) is 0 Å². The topological polar surface area (TPSA) is 29.5 Å². The van der Waals surface area contributed by atoms with E-state index in [2.05, 4.69) is 65.3 Å². The van der Waals surface area contributed by atoms with Crippen molar-refractivity contribution in [3.8, 4) is 10.6 Å². The first-order valence-corrected chi connectivity index (χ1v) is 7.65. The number of nitrogens with two attached hydrogens (primary N) is 1. The van der Waals surface area contributed by atoms with E-state index in [4.69, 9.17) is 4.98 Å². The summed E-state index contributed by atoms with van der Waals surface area (Å²) in [6.07, 6.45) is 0. The summed E-state index contributed by atoms with van der Waals surface area (Å²) in [5, 5.41) is 5.55. The second kappa shape index (κ2) is 6.46. The number of hydrogen-bond donors (Lipinski definition) is 1. The first-order chi connectivity index (χ1) is 9.92. The summed E-state index contributed by atoms with van der Waals surface area (Å²) < 4.78 is 0. The molecule has 2 N–H and O–H groups in total. The van der Waals surface area contributed by atoms with Crippen molar-refractivity contribution in [1.82, 2.24) is 4.98 Å². The maximum Gasteiger partial charge on any atom is 0.123 e. The lowest BCUT2D eigenvalue weighted by molar-refractivity contribution is -0.686. The molecule has 1 aromatic heterocycles. The lowest BCUT2D eigenvalue weighted by atomic mass is 10.2. The van der Waals surface area contributed by atoms with Gasteiger partial charge >= 0.3 is 0 Å². The van der Waals surface area contributed by atoms with Gasteiger partial charge in [-0.05, 0) is 0 Å². The molecule has 0 atom stereocenters. The van der Waals surface area contributed by atoms with E-state index >= 15 is 0 Å². The van der Waals surface area contributed by atoms with Gasteiger partial charge in [0, 0.05) is 16.5 Å². The van der Waals surface area contributed by atoms with E-state index in [1.54, 1.807) is 11.3 Å². The minimum Gasteiger partial charge on any atom is -0.337 e. The lowest BCUT2D eigenvalue weighted by Crippen LogP contribution is -2.80. The van der Waals surface area contributed by atoms with Gasteiger partial charge < -0.3 is 5.32 Å². The summed E-state index contributed by atoms with van der Waals surface area (Å²) in [4.78, 5) is 4.70. The van der Waals surface area contributed by atoms with Gasteiger partial charge in [0.1, 0.15) is 23.8 Å². The van der Waals surface area contributed by atoms with Gasteiger partial charge in [-0.25, -0.2) is 4.98 Å². The number of rotatable bonds is 5. The van der Waals surface area contributed by atoms with E-state index in [9.17, 15) is 0 Å². The molecule has 0 aliphatic rings. The first-order valence-electron chi connectivity index (χ1n) is 6.77. The Balaban J connectivity index is 1.58. The van der Waals surface area contributed by atoms with E-state index in [1.807, 2.05) is 6.07 Å². The van der Waals surface area contributed by atoms with Crippen molar-refractivity contribution in [2.75, 3.05) is 0 Å². The molecule has 0 saturated carbocycles. The Morgan fingerprint density at radius 2 is 1.55 bits per heavy atom. The molecule has 100 valence electrons. The molecule has 0 aliphatic heterocycles. The molecule has 0 fully saturated rings. The monoisotopic (exact) mass is 281 g/mol. The average Bonchev–Trinajstić information content (AvgIpc) is 2.98. The van der Waals surface area contributed by atoms with Crippen molar-refractivity contribution in [2.45, 2.75) is 13.1 Å². The van der Waals surface area contributed by atoms with Crippen LogP contribution in [0.1, 0.15) is 11.3 Å². The fourth-order valence-corrected chi connectivity index (χ4v) is 2.95. The molecule has 0 unspecified atom stereocenters. The minimum absolute atomic E-state index is 0.929. The first kappa shape index (κ1) is 13.0. The number of quaternary nitrogens is 1. The smallest absolute Gasteiger partial charge is 0.123 e. The number of aromatic nitrogens is 1. The zero-order valence-electron chi connectivity index (χ0n) is 11.2. The van der Waals surface area contributed by atoms with E-state index in [0.29, 0.717) is 0 Å². The van der Waals surface area contributed by atoms with Crippen LogP contribution in [-0.2, 0) is 13.1 Å². The molecule has 0 spiro atoms. The summed E-state index contributed by atoms with van der Waals surface area (Å²) in [6, 6.07) is 20.9. The zero-order valence-corrected chi connectivity index (χ0v) is 12.0. The Kier molecular flexibility index (Phi) is 4.21. The number of thiazole rings is 1. The van der Waals surface area contributed by atoms with Gasteiger partial charge in [-0.15, -0.1) is 11.3 Å². The van der Waals surface area contributed by atoms with Crippen LogP contribution in [0, 0.1) is 0 Å². The van der Waals surface area contributed by atoms with E-state index in [0.717, 1.165) is 23.8 Å². The normalized spacial score (nSPS) is 10.6. The van der Waals surface area contributed by atoms with Gasteiger partial charge in [0.25, 0.3) is 0 Å². The van der Waals surface area contributed by atoms with Crippen LogP contribution in [0.5, 0.6) is 0 Å². The molecule has 0 amide bonds. The Morgan fingerprint density at radius 1 is 0.850 bits per heavy atom. The van der Waals surface area contributed by atoms with Crippen LogP contribution >= 0.6 is 11.3 Å². The van der Waals surface area contributed by atoms with Crippen molar-refractivity contribution in [1.29, 1.82) is 0 Å². The van der Waals surface area contributed by atoms with Crippen LogP contribution in [0.3, 0.4) is 0 Å². The quantitative estimate of drug-likeness (QED) is 0.765. The summed E-state index contributed by atoms with van der Waals surface area (Å²) in [5.41, 5.74) is 3.71. The highest BCUT2D eigenvalue weighted by Crippen LogP contribution is 2.22. The number of hydrogen-bond acceptors (Lipinski definition) is 2. The van der Waals surface area contributed by atoms with Gasteiger partial charge in [-0.2, -0.15) is 0 Å². The van der Waals surface area contributed by atoms with Crippen molar-refractivity contribution in [2.24, 2.45) is 0 Å². The Morgan fingerprint density at radius 3 is 2.30 bits per heavy atom. The second-order valence-electron chi connectivity index (χ2n) is 4.69. The standard InChI is InChI=1S/C17H16N2S/c1-3-7-14(8-4-1)11-18-12-16-13-20-17(19-16)15-9-5-2-6-10-15/h1-10,13,18H,11-12H2/p+1. The van der Waals surface area contributed by atoms with Crippen LogP contribution in [0.2, 0.25) is 0 Å². The summed E-state index contributed by atoms with van der Waals surface area (Å²) in [7, 11) is 0. The molecule has 1 heterocycles. The Labute approximate surface area is 123 Å². The van der Waals surface area contributed by atoms with Gasteiger partial charge in [0.05, 0.1) is 0 Å². The highest BCUT2D eigenvalue weighted by molar-refractivity contribution is 7.13. The predicted molar refractivity (Wildman–Crippen MR) is 83.3 cm³/mol. The van der Waals surface area contributed by atoms with Crippen molar-refractivity contribution in [3.63, 3.8) is 0 Å². The Bertz CT molecular complexity index is 647. The highest BCUT2D eigenvalue weighted by Gasteiger charge is 2.05. The van der Waals surface area contributed by atoms with Crippen LogP contribution < -0.4 is 5.32 Å². The molecule has 2 nitrogen and oxygen atoms in total. The third kappa shape index (κ3) is 3.32. The van der Waals surface area contributed by atoms with Gasteiger partial charge in [0.15, 0.2) is 0 Å². The summed E-state index contributed by atoms with van der Waals surface area (Å²) in [5.74, 6) is 0. The van der Waals surface area contributed by atoms with E-state index < -0.39 is 0 Å². The molecular formula is C17H17N2S+. The maximum atomic E-state index is 4.70. The fraction of sp³-hybridized carbons (Fsp3) is 0.118. The van der Waals surface area contributed by atoms with E-state index in [1.165, 1.54) is 11.1 Å². The highest BCUT2D eigenvalue weighted by atomic mass is 32.1. The minimum atomic E-state index is 0.929. The largest absolute Gasteiger partial charge is 0.337 e. The number of benzene rings is 2. The summed E-state index contributed by atoms with van der Waals surface area (Å²) in [6.45, 7) is 1.93. The molecule has 0 bridgehead atoms. The van der Waals surface area contributed by atoms with Gasteiger partial charge in [-0.1, -0.05) is 60.7 Å². The summed E-state index contributed by atoms with van der Waals surface area (Å²) >= 11 is 1.72. The predicted octanol–water partition coefficient (Wildman–Crippen LogP) is 3.07. The van der Waals surface area contributed by atoms with Crippen molar-refractivity contribution in [3.05, 3.63) is 77.3 Å². The SMILES string of the molecule is c1ccc(C[NH2+]Cc2csc(-c3ccccc3)n2)cc1. The molecule has 3 aromatic rings. The van der Waals surface area contributed by atoms with Crippen molar-refractivity contribution >= 4 is 11.3 Å². The fourth-order valence-electron chi connectivity index (χ4n) is 2.11.